The van der Waals surface area contributed by atoms with Crippen LogP contribution >= 0.6 is 116 Å². The van der Waals surface area contributed by atoms with Gasteiger partial charge >= 0.3 is 48.6 Å². The van der Waals surface area contributed by atoms with E-state index in [4.69, 9.17) is 91.3 Å². The van der Waals surface area contributed by atoms with Gasteiger partial charge in [-0.15, -0.1) is 0 Å². The molecule has 10 rings (SSSR count). The summed E-state index contributed by atoms with van der Waals surface area (Å²) in [5.74, 6) is -7.14. The zero-order valence-corrected chi connectivity index (χ0v) is 65.1. The van der Waals surface area contributed by atoms with E-state index in [1.54, 1.807) is 38.1 Å². The number of nitrogens with two attached hydrogens (primary N) is 2. The molecule has 0 aliphatic rings. The van der Waals surface area contributed by atoms with E-state index < -0.39 is 126 Å². The normalized spacial score (nSPS) is 11.0. The molecule has 0 bridgehead atoms. The summed E-state index contributed by atoms with van der Waals surface area (Å²) in [7, 11) is 2.48. The number of benzene rings is 6. The molecule has 4 amide bonds. The number of aryl methyl sites for hydroxylation is 4. The first-order chi connectivity index (χ1) is 52.2. The Morgan fingerprint density at radius 2 is 0.696 bits per heavy atom. The standard InChI is InChI=1S/C20H14Cl2F3N3O2S.C14H10ClF3N2O3S.C13H8ClF3N2O3S.C8H4ClF3O2.C7H8ClN.C6H8N2O2S/c1-10-15(18(30)26-9-11-5-7-12(21)8-6-11)19(31-28-10)27-17(29)13-3-2-4-14(16(13)22)20(23,24)25;1-6-9(13(22)23-2)12(24-20-6)19-11(21)7-4-3-5-8(10(7)15)14(16,17)18;1-5-8(12(21)22)11(23-19-5)18-10(20)6-3-2-4-7(9(6)14)13(15,16)17;9-6-4(7(13)14)2-1-3-5(6)8(10,11)12;8-7-3-1-6(5-9)2-4-7;1-3-4(6(9)10-2)5(7)11-8-3/h2-8H,9H2,1H3,(H,26,30)(H,27,29);3-5H,1-2H3,(H,19,21);2-4H,1H3,(H,18,20)(H,21,22);1-3H,(H,13,14);1-4H,5,9H2;7H2,1-2H3. The number of carboxylic acids is 2. The molecule has 22 nitrogen and oxygen atoms in total. The van der Waals surface area contributed by atoms with E-state index in [9.17, 15) is 91.0 Å². The molecule has 0 aliphatic heterocycles. The number of alkyl halides is 12. The fourth-order valence-corrected chi connectivity index (χ4v) is 13.2. The second-order valence-corrected chi connectivity index (χ2v) is 27.2. The van der Waals surface area contributed by atoms with Crippen molar-refractivity contribution < 1.29 is 111 Å². The Morgan fingerprint density at radius 1 is 0.402 bits per heavy atom. The smallest absolute Gasteiger partial charge is 0.417 e. The molecule has 112 heavy (non-hydrogen) atoms. The van der Waals surface area contributed by atoms with Crippen LogP contribution in [-0.2, 0) is 47.3 Å². The summed E-state index contributed by atoms with van der Waals surface area (Å²) >= 11 is 37.4. The third-order valence-electron chi connectivity index (χ3n) is 14.1. The Hall–Kier alpha value is -9.74. The van der Waals surface area contributed by atoms with Gasteiger partial charge in [-0.05, 0) is 158 Å². The van der Waals surface area contributed by atoms with Crippen LogP contribution in [0, 0.1) is 27.7 Å². The zero-order valence-electron chi connectivity index (χ0n) is 57.3. The Labute approximate surface area is 671 Å². The largest absolute Gasteiger partial charge is 0.478 e. The van der Waals surface area contributed by atoms with E-state index in [-0.39, 0.29) is 55.1 Å². The molecule has 0 aliphatic carbocycles. The number of ether oxygens (including phenoxy) is 2. The van der Waals surface area contributed by atoms with Gasteiger partial charge in [-0.25, -0.2) is 19.2 Å². The van der Waals surface area contributed by atoms with E-state index >= 15 is 0 Å². The van der Waals surface area contributed by atoms with Crippen molar-refractivity contribution in [1.29, 1.82) is 0 Å². The summed E-state index contributed by atoms with van der Waals surface area (Å²) in [6.07, 6.45) is -18.7. The number of nitrogens with one attached hydrogen (secondary N) is 4. The Bertz CT molecular complexity index is 5070. The van der Waals surface area contributed by atoms with Crippen molar-refractivity contribution in [2.75, 3.05) is 35.9 Å². The van der Waals surface area contributed by atoms with Crippen LogP contribution in [0.15, 0.2) is 121 Å². The number of halogens is 18. The van der Waals surface area contributed by atoms with Gasteiger partial charge in [0.1, 0.15) is 36.7 Å². The second kappa shape index (κ2) is 40.6. The molecule has 4 aromatic heterocycles. The van der Waals surface area contributed by atoms with Crippen LogP contribution in [0.4, 0.5) is 72.7 Å². The molecular formula is C68H52Cl6F12N10O12S4. The number of aromatic nitrogens is 4. The van der Waals surface area contributed by atoms with E-state index in [0.29, 0.717) is 50.7 Å². The first kappa shape index (κ1) is 92.9. The van der Waals surface area contributed by atoms with Crippen molar-refractivity contribution in [3.63, 3.8) is 0 Å². The highest BCUT2D eigenvalue weighted by molar-refractivity contribution is 7.11. The van der Waals surface area contributed by atoms with Gasteiger partial charge in [-0.1, -0.05) is 118 Å². The maximum Gasteiger partial charge on any atom is 0.417 e. The Morgan fingerprint density at radius 3 is 1.02 bits per heavy atom. The van der Waals surface area contributed by atoms with Crippen LogP contribution in [0.1, 0.15) is 139 Å². The lowest BCUT2D eigenvalue weighted by Gasteiger charge is -2.12. The van der Waals surface area contributed by atoms with Crippen LogP contribution in [0.5, 0.6) is 0 Å². The van der Waals surface area contributed by atoms with Crippen molar-refractivity contribution >= 4 is 183 Å². The average Bonchev–Trinajstić information content (AvgIpc) is 1.25. The van der Waals surface area contributed by atoms with Gasteiger partial charge in [0, 0.05) is 23.1 Å². The lowest BCUT2D eigenvalue weighted by atomic mass is 10.1. The number of methoxy groups -OCH3 is 2. The van der Waals surface area contributed by atoms with Crippen molar-refractivity contribution in [2.45, 2.75) is 65.5 Å². The van der Waals surface area contributed by atoms with Crippen LogP contribution in [0.25, 0.3) is 0 Å². The van der Waals surface area contributed by atoms with Crippen LogP contribution in [0.3, 0.4) is 0 Å². The van der Waals surface area contributed by atoms with Crippen molar-refractivity contribution in [1.82, 2.24) is 22.8 Å². The molecule has 10 N–H and O–H groups in total. The van der Waals surface area contributed by atoms with Crippen molar-refractivity contribution in [3.05, 3.63) is 252 Å². The number of aromatic carboxylic acids is 2. The first-order valence-electron chi connectivity index (χ1n) is 30.3. The number of nitrogens with zero attached hydrogens (tertiary/aromatic N) is 4. The summed E-state index contributed by atoms with van der Waals surface area (Å²) in [5.41, 5.74) is 8.36. The first-order valence-corrected chi connectivity index (χ1v) is 35.6. The minimum absolute atomic E-state index is 0.0407. The number of carboxylic acid groups (broad SMARTS) is 2. The van der Waals surface area contributed by atoms with E-state index in [1.807, 2.05) is 24.3 Å². The lowest BCUT2D eigenvalue weighted by Crippen LogP contribution is -2.25. The summed E-state index contributed by atoms with van der Waals surface area (Å²) in [4.78, 5) is 93.9. The minimum Gasteiger partial charge on any atom is -0.478 e. The van der Waals surface area contributed by atoms with Gasteiger partial charge in [0.25, 0.3) is 23.6 Å². The third kappa shape index (κ3) is 25.4. The zero-order chi connectivity index (χ0) is 84.2. The summed E-state index contributed by atoms with van der Waals surface area (Å²) in [6, 6.07) is 26.1. The van der Waals surface area contributed by atoms with Gasteiger partial charge in [-0.3, -0.25) is 19.2 Å². The Balaban J connectivity index is 0.000000251. The molecular weight excluding hydrogens is 1720 g/mol. The molecule has 0 saturated carbocycles. The molecule has 596 valence electrons. The maximum absolute atomic E-state index is 13.1. The van der Waals surface area contributed by atoms with Gasteiger partial charge in [0.05, 0.1) is 107 Å². The summed E-state index contributed by atoms with van der Waals surface area (Å²) in [6.45, 7) is 7.07. The Kier molecular flexibility index (Phi) is 33.7. The van der Waals surface area contributed by atoms with E-state index in [2.05, 4.69) is 48.2 Å². The highest BCUT2D eigenvalue weighted by Gasteiger charge is 2.39. The molecule has 6 aromatic carbocycles. The molecule has 0 radical (unpaired) electrons. The number of hydrogen-bond donors (Lipinski definition) is 8. The monoisotopic (exact) mass is 1770 g/mol. The van der Waals surface area contributed by atoms with Crippen molar-refractivity contribution in [2.24, 2.45) is 5.73 Å². The van der Waals surface area contributed by atoms with E-state index in [1.165, 1.54) is 27.0 Å². The molecule has 0 saturated heterocycles. The topological polar surface area (TPSA) is 347 Å². The molecule has 44 heteroatoms. The van der Waals surface area contributed by atoms with Crippen LogP contribution in [0.2, 0.25) is 30.1 Å². The summed E-state index contributed by atoms with van der Waals surface area (Å²) < 4.78 is 178. The molecule has 4 heterocycles. The highest BCUT2D eigenvalue weighted by Crippen LogP contribution is 2.41. The predicted molar refractivity (Wildman–Crippen MR) is 400 cm³/mol. The second-order valence-electron chi connectivity index (χ2n) is 21.7. The molecule has 0 spiro atoms. The fourth-order valence-electron chi connectivity index (χ4n) is 8.66. The van der Waals surface area contributed by atoms with Crippen molar-refractivity contribution in [3.8, 4) is 0 Å². The van der Waals surface area contributed by atoms with Gasteiger partial charge in [0.15, 0.2) is 0 Å². The van der Waals surface area contributed by atoms with E-state index in [0.717, 1.165) is 125 Å². The third-order valence-corrected chi connectivity index (χ3v) is 19.5. The van der Waals surface area contributed by atoms with Gasteiger partial charge in [-0.2, -0.15) is 70.2 Å². The maximum atomic E-state index is 13.1. The molecule has 10 aromatic rings. The summed E-state index contributed by atoms with van der Waals surface area (Å²) in [5, 5.41) is 26.1. The number of carbonyl (C=O) groups is 8. The van der Waals surface area contributed by atoms with Gasteiger partial charge < -0.3 is 52.4 Å². The van der Waals surface area contributed by atoms with Crippen LogP contribution in [-0.4, -0.2) is 89.4 Å². The number of esters is 2. The molecule has 0 atom stereocenters. The predicted octanol–water partition coefficient (Wildman–Crippen LogP) is 19.9. The number of nitrogen functional groups attached to an aromatic ring is 1. The number of hydrogen-bond acceptors (Lipinski definition) is 20. The molecule has 0 unspecified atom stereocenters. The van der Waals surface area contributed by atoms with Gasteiger partial charge in [0.2, 0.25) is 0 Å². The number of rotatable bonds is 14. The quantitative estimate of drug-likeness (QED) is 0.0370. The number of amides is 4. The highest BCUT2D eigenvalue weighted by atomic mass is 35.5. The average molecular weight is 1770 g/mol. The SMILES string of the molecule is COC(=O)c1c(C)nsc1N.COC(=O)c1c(C)nsc1NC(=O)c1cccc(C(F)(F)F)c1Cl.Cc1nsc(NC(=O)c2cccc(C(F)(F)F)c2Cl)c1C(=O)NCc1ccc(Cl)cc1.Cc1nsc(NC(=O)c2cccc(C(F)(F)F)c2Cl)c1C(=O)O.NCc1ccc(Cl)cc1.O=C(O)c1cccc(C(F)(F)F)c1Cl. The lowest BCUT2D eigenvalue weighted by molar-refractivity contribution is -0.138. The minimum atomic E-state index is -4.71. The number of carbonyl (C=O) groups excluding carboxylic acids is 6. The van der Waals surface area contributed by atoms with Crippen LogP contribution < -0.4 is 32.7 Å². The fraction of sp³-hybridized carbons (Fsp3) is 0.176. The molecule has 0 fully saturated rings. The number of anilines is 4.